The largest absolute Gasteiger partial charge is 0.390 e. The number of carbonyl (C=O) groups excluding carboxylic acids is 1. The average Bonchev–Trinajstić information content (AvgIpc) is 2.74. The molecule has 0 spiro atoms. The van der Waals surface area contributed by atoms with Gasteiger partial charge in [-0.15, -0.1) is 0 Å². The van der Waals surface area contributed by atoms with Gasteiger partial charge in [0.1, 0.15) is 0 Å². The zero-order valence-corrected chi connectivity index (χ0v) is 15.1. The summed E-state index contributed by atoms with van der Waals surface area (Å²) < 4.78 is 0. The standard InChI is InChI=1S/C20H27ClO2/c1-18-9-8-16(22)17(21)15(18)5-4-12-13(18)6-10-19(2)14(12)7-11-20(19,3)23/h8-9,12-14,23H,4-7,10-11H2,1-3H3/t12?,13?,14?,18-,19+,20+/m1/s1. The number of fused-ring (bicyclic) bond motifs is 5. The van der Waals surface area contributed by atoms with Crippen LogP contribution in [0.3, 0.4) is 0 Å². The smallest absolute Gasteiger partial charge is 0.196 e. The zero-order chi connectivity index (χ0) is 16.6. The molecule has 0 aromatic carbocycles. The van der Waals surface area contributed by atoms with Crippen molar-refractivity contribution >= 4 is 17.4 Å². The maximum absolute atomic E-state index is 12.0. The molecule has 4 aliphatic carbocycles. The van der Waals surface area contributed by atoms with Crippen molar-refractivity contribution in [2.75, 3.05) is 0 Å². The van der Waals surface area contributed by atoms with Crippen LogP contribution in [0.4, 0.5) is 0 Å². The molecule has 0 amide bonds. The molecule has 23 heavy (non-hydrogen) atoms. The summed E-state index contributed by atoms with van der Waals surface area (Å²) in [5, 5.41) is 11.4. The normalized spacial score (nSPS) is 52.2. The minimum atomic E-state index is -0.532. The highest BCUT2D eigenvalue weighted by Gasteiger charge is 2.62. The van der Waals surface area contributed by atoms with Gasteiger partial charge in [-0.2, -0.15) is 0 Å². The van der Waals surface area contributed by atoms with Crippen LogP contribution in [0.5, 0.6) is 0 Å². The molecule has 2 nitrogen and oxygen atoms in total. The molecule has 0 saturated heterocycles. The molecule has 0 radical (unpaired) electrons. The Bertz CT molecular complexity index is 632. The summed E-state index contributed by atoms with van der Waals surface area (Å²) in [6.45, 7) is 6.63. The number of allylic oxidation sites excluding steroid dienone is 4. The van der Waals surface area contributed by atoms with Crippen molar-refractivity contribution in [3.8, 4) is 0 Å². The Morgan fingerprint density at radius 2 is 1.83 bits per heavy atom. The Labute approximate surface area is 144 Å². The monoisotopic (exact) mass is 334 g/mol. The lowest BCUT2D eigenvalue weighted by molar-refractivity contribution is -0.114. The van der Waals surface area contributed by atoms with E-state index in [9.17, 15) is 9.90 Å². The number of halogens is 1. The Balaban J connectivity index is 1.74. The molecule has 3 heteroatoms. The van der Waals surface area contributed by atoms with Crippen molar-refractivity contribution in [1.29, 1.82) is 0 Å². The van der Waals surface area contributed by atoms with Gasteiger partial charge < -0.3 is 5.11 Å². The third-order valence-electron chi connectivity index (χ3n) is 8.21. The van der Waals surface area contributed by atoms with E-state index in [-0.39, 0.29) is 16.6 Å². The van der Waals surface area contributed by atoms with E-state index in [4.69, 9.17) is 11.6 Å². The highest BCUT2D eigenvalue weighted by molar-refractivity contribution is 6.45. The lowest BCUT2D eigenvalue weighted by Gasteiger charge is -2.58. The van der Waals surface area contributed by atoms with E-state index in [1.165, 1.54) is 5.57 Å². The Kier molecular flexibility index (Phi) is 3.27. The molecule has 3 unspecified atom stereocenters. The molecule has 6 atom stereocenters. The van der Waals surface area contributed by atoms with E-state index in [0.29, 0.717) is 22.8 Å². The zero-order valence-electron chi connectivity index (χ0n) is 14.4. The third kappa shape index (κ3) is 1.88. The van der Waals surface area contributed by atoms with E-state index in [2.05, 4.69) is 19.9 Å². The highest BCUT2D eigenvalue weighted by Crippen LogP contribution is 2.67. The van der Waals surface area contributed by atoms with Crippen LogP contribution in [0.15, 0.2) is 22.8 Å². The summed E-state index contributed by atoms with van der Waals surface area (Å²) in [7, 11) is 0. The summed E-state index contributed by atoms with van der Waals surface area (Å²) in [5.41, 5.74) is 0.615. The Morgan fingerprint density at radius 3 is 2.57 bits per heavy atom. The van der Waals surface area contributed by atoms with Crippen molar-refractivity contribution in [1.82, 2.24) is 0 Å². The van der Waals surface area contributed by atoms with E-state index in [1.54, 1.807) is 6.08 Å². The first-order chi connectivity index (χ1) is 10.7. The molecule has 3 fully saturated rings. The first kappa shape index (κ1) is 15.9. The number of aliphatic hydroxyl groups is 1. The van der Waals surface area contributed by atoms with Crippen molar-refractivity contribution in [2.24, 2.45) is 28.6 Å². The summed E-state index contributed by atoms with van der Waals surface area (Å²) in [6.07, 6.45) is 10.1. The van der Waals surface area contributed by atoms with Gasteiger partial charge in [0.25, 0.3) is 0 Å². The molecule has 0 aromatic heterocycles. The number of rotatable bonds is 0. The fraction of sp³-hybridized carbons (Fsp3) is 0.750. The molecule has 0 aromatic rings. The fourth-order valence-corrected chi connectivity index (χ4v) is 6.88. The van der Waals surface area contributed by atoms with Gasteiger partial charge in [0.15, 0.2) is 5.78 Å². The van der Waals surface area contributed by atoms with Gasteiger partial charge in [-0.25, -0.2) is 0 Å². The van der Waals surface area contributed by atoms with Gasteiger partial charge >= 0.3 is 0 Å². The molecule has 0 aliphatic heterocycles. The molecule has 0 heterocycles. The van der Waals surface area contributed by atoms with Crippen LogP contribution in [-0.4, -0.2) is 16.5 Å². The summed E-state index contributed by atoms with van der Waals surface area (Å²) in [5.74, 6) is 1.76. The van der Waals surface area contributed by atoms with Crippen LogP contribution >= 0.6 is 11.6 Å². The quantitative estimate of drug-likeness (QED) is 0.702. The van der Waals surface area contributed by atoms with Gasteiger partial charge in [-0.05, 0) is 80.3 Å². The molecule has 3 saturated carbocycles. The maximum atomic E-state index is 12.0. The first-order valence-electron chi connectivity index (χ1n) is 9.06. The third-order valence-corrected chi connectivity index (χ3v) is 8.62. The summed E-state index contributed by atoms with van der Waals surface area (Å²) >= 11 is 6.38. The number of hydrogen-bond donors (Lipinski definition) is 1. The second-order valence-corrected chi connectivity index (χ2v) is 9.33. The predicted molar refractivity (Wildman–Crippen MR) is 92.0 cm³/mol. The number of hydrogen-bond acceptors (Lipinski definition) is 2. The molecule has 4 aliphatic rings. The first-order valence-corrected chi connectivity index (χ1v) is 9.43. The predicted octanol–water partition coefficient (Wildman–Crippen LogP) is 4.61. The molecule has 1 N–H and O–H groups in total. The SMILES string of the molecule is C[C@]12C=CC(=O)C(Cl)=C1CCC1C2CC[C@@]2(C)C1CC[C@]2(C)O. The summed E-state index contributed by atoms with van der Waals surface area (Å²) in [6, 6.07) is 0. The van der Waals surface area contributed by atoms with Crippen LogP contribution in [0.25, 0.3) is 0 Å². The van der Waals surface area contributed by atoms with Crippen LogP contribution in [0, 0.1) is 28.6 Å². The van der Waals surface area contributed by atoms with E-state index >= 15 is 0 Å². The van der Waals surface area contributed by atoms with Crippen molar-refractivity contribution in [3.05, 3.63) is 22.8 Å². The van der Waals surface area contributed by atoms with Gasteiger partial charge in [0.2, 0.25) is 0 Å². The average molecular weight is 335 g/mol. The molecule has 126 valence electrons. The topological polar surface area (TPSA) is 37.3 Å². The van der Waals surface area contributed by atoms with Crippen LogP contribution in [-0.2, 0) is 4.79 Å². The number of ketones is 1. The molecular weight excluding hydrogens is 308 g/mol. The minimum Gasteiger partial charge on any atom is -0.390 e. The highest BCUT2D eigenvalue weighted by atomic mass is 35.5. The second kappa shape index (κ2) is 4.73. The second-order valence-electron chi connectivity index (χ2n) is 8.96. The minimum absolute atomic E-state index is 0.0259. The molecular formula is C20H27ClO2. The number of carbonyl (C=O) groups is 1. The lowest BCUT2D eigenvalue weighted by Crippen LogP contribution is -2.53. The van der Waals surface area contributed by atoms with Crippen molar-refractivity contribution < 1.29 is 9.90 Å². The van der Waals surface area contributed by atoms with Crippen molar-refractivity contribution in [3.63, 3.8) is 0 Å². The molecule has 0 bridgehead atoms. The molecule has 4 rings (SSSR count). The van der Waals surface area contributed by atoms with E-state index in [0.717, 1.165) is 38.5 Å². The van der Waals surface area contributed by atoms with E-state index in [1.807, 2.05) is 6.92 Å². The van der Waals surface area contributed by atoms with Crippen LogP contribution in [0.2, 0.25) is 0 Å². The van der Waals surface area contributed by atoms with Gasteiger partial charge in [-0.3, -0.25) is 4.79 Å². The Hall–Kier alpha value is -0.600. The van der Waals surface area contributed by atoms with Crippen LogP contribution in [0.1, 0.15) is 59.3 Å². The fourth-order valence-electron chi connectivity index (χ4n) is 6.52. The van der Waals surface area contributed by atoms with Gasteiger partial charge in [0, 0.05) is 5.41 Å². The van der Waals surface area contributed by atoms with Crippen LogP contribution < -0.4 is 0 Å². The Morgan fingerprint density at radius 1 is 1.13 bits per heavy atom. The lowest BCUT2D eigenvalue weighted by atomic mass is 9.47. The maximum Gasteiger partial charge on any atom is 0.196 e. The van der Waals surface area contributed by atoms with E-state index < -0.39 is 5.60 Å². The van der Waals surface area contributed by atoms with Crippen molar-refractivity contribution in [2.45, 2.75) is 64.9 Å². The summed E-state index contributed by atoms with van der Waals surface area (Å²) in [4.78, 5) is 12.0. The van der Waals surface area contributed by atoms with Gasteiger partial charge in [0.05, 0.1) is 10.6 Å². The van der Waals surface area contributed by atoms with Gasteiger partial charge in [-0.1, -0.05) is 31.5 Å².